The van der Waals surface area contributed by atoms with Crippen molar-refractivity contribution in [1.29, 1.82) is 0 Å². The minimum atomic E-state index is -4.85. The van der Waals surface area contributed by atoms with E-state index in [-0.39, 0.29) is 22.4 Å². The predicted molar refractivity (Wildman–Crippen MR) is 110 cm³/mol. The first-order chi connectivity index (χ1) is 14.6. The Bertz CT molecular complexity index is 954. The van der Waals surface area contributed by atoms with Crippen molar-refractivity contribution in [3.8, 4) is 0 Å². The third kappa shape index (κ3) is 5.21. The number of anilines is 2. The molecule has 0 saturated carbocycles. The molecule has 166 valence electrons. The van der Waals surface area contributed by atoms with Gasteiger partial charge < -0.3 is 10.1 Å². The van der Waals surface area contributed by atoms with Crippen molar-refractivity contribution in [2.45, 2.75) is 30.8 Å². The van der Waals surface area contributed by atoms with Crippen molar-refractivity contribution in [2.24, 2.45) is 4.99 Å². The molecule has 8 nitrogen and oxygen atoms in total. The number of ether oxygens (including phenoxy) is 1. The molecule has 0 aliphatic carbocycles. The Kier molecular flexibility index (Phi) is 6.94. The molecule has 0 saturated heterocycles. The summed E-state index contributed by atoms with van der Waals surface area (Å²) in [4.78, 5) is 52.7. The van der Waals surface area contributed by atoms with Crippen LogP contribution in [-0.2, 0) is 23.9 Å². The number of nitrogens with zero attached hydrogens (tertiary/aromatic N) is 2. The van der Waals surface area contributed by atoms with E-state index < -0.39 is 53.3 Å². The zero-order chi connectivity index (χ0) is 22.8. The van der Waals surface area contributed by atoms with Crippen LogP contribution in [-0.4, -0.2) is 57.9 Å². The molecule has 2 aliphatic rings. The van der Waals surface area contributed by atoms with Gasteiger partial charge in [0.05, 0.1) is 30.2 Å². The number of esters is 1. The molecule has 13 heteroatoms. The van der Waals surface area contributed by atoms with Gasteiger partial charge in [-0.25, -0.2) is 0 Å². The lowest BCUT2D eigenvalue weighted by Gasteiger charge is -2.31. The standard InChI is InChI=1S/C18H16F3N3O5S2/c1-2-29-16(28)14-15(27)23-17(31-14)30-8-13(26)24-10-6-4-3-5-9(10)22-12(25)7-11(24)18(19,20)21/h3-6,11,14H,2,7-8H2,1H3,(H,22,25)/t11-,14+/m0/s1. The number of hydrogen-bond acceptors (Lipinski definition) is 7. The monoisotopic (exact) mass is 475 g/mol. The molecular weight excluding hydrogens is 459 g/mol. The van der Waals surface area contributed by atoms with Crippen molar-refractivity contribution < 1.29 is 37.1 Å². The number of aliphatic imine (C=N–C) groups is 1. The molecule has 3 rings (SSSR count). The number of halogens is 3. The largest absolute Gasteiger partial charge is 0.465 e. The topological polar surface area (TPSA) is 105 Å². The van der Waals surface area contributed by atoms with Gasteiger partial charge in [0.25, 0.3) is 5.91 Å². The highest BCUT2D eigenvalue weighted by Gasteiger charge is 2.49. The molecule has 2 aliphatic heterocycles. The third-order valence-corrected chi connectivity index (χ3v) is 6.53. The van der Waals surface area contributed by atoms with E-state index in [9.17, 15) is 32.3 Å². The summed E-state index contributed by atoms with van der Waals surface area (Å²) >= 11 is 1.53. The average molecular weight is 475 g/mol. The third-order valence-electron chi connectivity index (χ3n) is 4.24. The molecule has 0 fully saturated rings. The van der Waals surface area contributed by atoms with Gasteiger partial charge in [0.15, 0.2) is 5.25 Å². The molecule has 1 N–H and O–H groups in total. The Morgan fingerprint density at radius 2 is 2.03 bits per heavy atom. The second-order valence-electron chi connectivity index (χ2n) is 6.35. The summed E-state index contributed by atoms with van der Waals surface area (Å²) in [6, 6.07) is 3.34. The average Bonchev–Trinajstić information content (AvgIpc) is 2.98. The molecule has 2 heterocycles. The van der Waals surface area contributed by atoms with Crippen LogP contribution in [0.4, 0.5) is 24.5 Å². The second kappa shape index (κ2) is 9.30. The first kappa shape index (κ1) is 23.1. The molecule has 0 spiro atoms. The van der Waals surface area contributed by atoms with Crippen LogP contribution in [0.15, 0.2) is 29.3 Å². The van der Waals surface area contributed by atoms with Crippen molar-refractivity contribution in [2.75, 3.05) is 22.6 Å². The molecule has 0 aromatic heterocycles. The first-order valence-electron chi connectivity index (χ1n) is 8.98. The van der Waals surface area contributed by atoms with Gasteiger partial charge in [0, 0.05) is 0 Å². The van der Waals surface area contributed by atoms with Gasteiger partial charge >= 0.3 is 12.1 Å². The molecule has 1 aromatic rings. The summed E-state index contributed by atoms with van der Waals surface area (Å²) in [6.07, 6.45) is -5.80. The summed E-state index contributed by atoms with van der Waals surface area (Å²) in [6.45, 7) is 1.65. The number of nitrogens with one attached hydrogen (secondary N) is 1. The Morgan fingerprint density at radius 1 is 1.32 bits per heavy atom. The van der Waals surface area contributed by atoms with Crippen LogP contribution in [0.2, 0.25) is 0 Å². The normalized spacial score (nSPS) is 21.2. The smallest absolute Gasteiger partial charge is 0.409 e. The maximum atomic E-state index is 13.7. The van der Waals surface area contributed by atoms with E-state index in [4.69, 9.17) is 4.74 Å². The lowest BCUT2D eigenvalue weighted by molar-refractivity contribution is -0.157. The van der Waals surface area contributed by atoms with E-state index in [0.717, 1.165) is 23.5 Å². The van der Waals surface area contributed by atoms with E-state index in [1.807, 2.05) is 0 Å². The van der Waals surface area contributed by atoms with Crippen LogP contribution in [0.25, 0.3) is 0 Å². The van der Waals surface area contributed by atoms with Crippen molar-refractivity contribution in [3.63, 3.8) is 0 Å². The number of alkyl halides is 3. The fourth-order valence-corrected chi connectivity index (χ4v) is 4.89. The van der Waals surface area contributed by atoms with Crippen LogP contribution in [0.5, 0.6) is 0 Å². The SMILES string of the molecule is CCOC(=O)[C@@H]1SC(SCC(=O)N2c3ccccc3NC(=O)C[C@H]2C(F)(F)F)=NC1=O. The van der Waals surface area contributed by atoms with Crippen LogP contribution in [0.3, 0.4) is 0 Å². The number of rotatable bonds is 4. The summed E-state index contributed by atoms with van der Waals surface area (Å²) < 4.78 is 46.0. The first-order valence-corrected chi connectivity index (χ1v) is 10.8. The zero-order valence-corrected chi connectivity index (χ0v) is 17.6. The predicted octanol–water partition coefficient (Wildman–Crippen LogP) is 2.59. The van der Waals surface area contributed by atoms with Gasteiger partial charge in [-0.05, 0) is 19.1 Å². The Labute approximate surface area is 183 Å². The Balaban J connectivity index is 1.79. The minimum absolute atomic E-state index is 0.0735. The van der Waals surface area contributed by atoms with E-state index in [2.05, 4.69) is 10.3 Å². The number of amides is 3. The van der Waals surface area contributed by atoms with Gasteiger partial charge in [-0.3, -0.25) is 24.1 Å². The highest BCUT2D eigenvalue weighted by atomic mass is 32.2. The van der Waals surface area contributed by atoms with Crippen molar-refractivity contribution in [3.05, 3.63) is 24.3 Å². The van der Waals surface area contributed by atoms with Crippen molar-refractivity contribution in [1.82, 2.24) is 0 Å². The number of para-hydroxylation sites is 2. The molecule has 2 atom stereocenters. The molecule has 3 amide bonds. The fourth-order valence-electron chi connectivity index (χ4n) is 2.95. The quantitative estimate of drug-likeness (QED) is 0.527. The zero-order valence-electron chi connectivity index (χ0n) is 16.0. The maximum Gasteiger partial charge on any atom is 0.409 e. The molecule has 0 bridgehead atoms. The minimum Gasteiger partial charge on any atom is -0.465 e. The highest BCUT2D eigenvalue weighted by molar-refractivity contribution is 8.40. The van der Waals surface area contributed by atoms with Gasteiger partial charge in [-0.2, -0.15) is 18.2 Å². The number of carbonyl (C=O) groups excluding carboxylic acids is 4. The maximum absolute atomic E-state index is 13.7. The lowest BCUT2D eigenvalue weighted by atomic mass is 10.1. The Morgan fingerprint density at radius 3 is 2.71 bits per heavy atom. The summed E-state index contributed by atoms with van der Waals surface area (Å²) in [5.41, 5.74) is 0.00509. The number of hydrogen-bond donors (Lipinski definition) is 1. The molecular formula is C18H16F3N3O5S2. The van der Waals surface area contributed by atoms with Gasteiger partial charge in [0.1, 0.15) is 10.4 Å². The second-order valence-corrected chi connectivity index (χ2v) is 8.66. The number of benzene rings is 1. The van der Waals surface area contributed by atoms with Crippen LogP contribution in [0, 0.1) is 0 Å². The van der Waals surface area contributed by atoms with E-state index >= 15 is 0 Å². The summed E-state index contributed by atoms with van der Waals surface area (Å²) in [5.74, 6) is -3.79. The van der Waals surface area contributed by atoms with Gasteiger partial charge in [-0.1, -0.05) is 35.7 Å². The lowest BCUT2D eigenvalue weighted by Crippen LogP contribution is -2.50. The van der Waals surface area contributed by atoms with E-state index in [0.29, 0.717) is 4.90 Å². The highest BCUT2D eigenvalue weighted by Crippen LogP contribution is 2.38. The van der Waals surface area contributed by atoms with Crippen molar-refractivity contribution >= 4 is 63.0 Å². The van der Waals surface area contributed by atoms with E-state index in [1.165, 1.54) is 24.3 Å². The molecule has 31 heavy (non-hydrogen) atoms. The molecule has 1 aromatic carbocycles. The van der Waals surface area contributed by atoms with Crippen LogP contribution in [0.1, 0.15) is 13.3 Å². The van der Waals surface area contributed by atoms with Crippen LogP contribution < -0.4 is 10.2 Å². The van der Waals surface area contributed by atoms with Gasteiger partial charge in [0.2, 0.25) is 11.8 Å². The Hall–Kier alpha value is -2.54. The number of fused-ring (bicyclic) bond motifs is 1. The molecule has 0 radical (unpaired) electrons. The summed E-state index contributed by atoms with van der Waals surface area (Å²) in [7, 11) is 0. The van der Waals surface area contributed by atoms with Gasteiger partial charge in [-0.15, -0.1) is 0 Å². The number of thioether (sulfide) groups is 2. The fraction of sp³-hybridized carbons (Fsp3) is 0.389. The van der Waals surface area contributed by atoms with E-state index in [1.54, 1.807) is 6.92 Å². The molecule has 0 unspecified atom stereocenters. The number of carbonyl (C=O) groups is 4. The van der Waals surface area contributed by atoms with Crippen LogP contribution >= 0.6 is 23.5 Å². The summed E-state index contributed by atoms with van der Waals surface area (Å²) in [5, 5.41) is 1.19.